The lowest BCUT2D eigenvalue weighted by Crippen LogP contribution is -2.57. The Bertz CT molecular complexity index is 1520. The van der Waals surface area contributed by atoms with Crippen molar-refractivity contribution in [3.63, 3.8) is 0 Å². The summed E-state index contributed by atoms with van der Waals surface area (Å²) < 4.78 is 2.95. The summed E-state index contributed by atoms with van der Waals surface area (Å²) in [5.74, 6) is 0. The number of aromatic nitrogens is 5. The minimum absolute atomic E-state index is 0.0223. The number of nitriles is 1. The number of pyridine rings is 1. The summed E-state index contributed by atoms with van der Waals surface area (Å²) in [6.45, 7) is 8.14. The molecule has 3 atom stereocenters. The van der Waals surface area contributed by atoms with Gasteiger partial charge in [0.1, 0.15) is 17.6 Å². The third-order valence-electron chi connectivity index (χ3n) is 7.07. The Balaban J connectivity index is 1.48. The van der Waals surface area contributed by atoms with Crippen LogP contribution in [0.4, 0.5) is 5.69 Å². The highest BCUT2D eigenvalue weighted by molar-refractivity contribution is 6.34. The fraction of sp³-hybridized carbons (Fsp3) is 0.400. The first-order valence-electron chi connectivity index (χ1n) is 11.7. The number of piperazine rings is 1. The van der Waals surface area contributed by atoms with Gasteiger partial charge in [0.05, 0.1) is 22.8 Å². The van der Waals surface area contributed by atoms with Crippen LogP contribution in [-0.2, 0) is 13.6 Å². The molecule has 180 valence electrons. The standard InChI is InChI=1S/C25H27ClN8O/c1-15-14-33(21-12-22(35)31(4)24-23(21)30-34(10-7-27)25(24)26)16(2)13-32(15)17(3)18-5-6-19-20(11-18)29-9-8-28-19/h5-6,8-9,11-12,15-17H,10,13-14H2,1-4H3/t15-,16+,17-/m1/s1. The van der Waals surface area contributed by atoms with E-state index in [1.165, 1.54) is 14.8 Å². The van der Waals surface area contributed by atoms with E-state index in [0.717, 1.165) is 29.8 Å². The molecule has 0 saturated carbocycles. The van der Waals surface area contributed by atoms with Gasteiger partial charge in [-0.2, -0.15) is 10.4 Å². The summed E-state index contributed by atoms with van der Waals surface area (Å²) in [6, 6.07) is 10.5. The van der Waals surface area contributed by atoms with Crippen LogP contribution >= 0.6 is 11.6 Å². The number of aryl methyl sites for hydroxylation is 1. The minimum Gasteiger partial charge on any atom is -0.364 e. The monoisotopic (exact) mass is 490 g/mol. The molecule has 1 aromatic carbocycles. The molecule has 0 spiro atoms. The van der Waals surface area contributed by atoms with Gasteiger partial charge >= 0.3 is 0 Å². The lowest BCUT2D eigenvalue weighted by molar-refractivity contribution is 0.119. The molecule has 1 aliphatic heterocycles. The maximum absolute atomic E-state index is 12.8. The van der Waals surface area contributed by atoms with Crippen LogP contribution in [0.2, 0.25) is 5.15 Å². The molecule has 0 amide bonds. The molecule has 4 aromatic rings. The number of halogens is 1. The Hall–Kier alpha value is -3.48. The van der Waals surface area contributed by atoms with Gasteiger partial charge in [0.15, 0.2) is 5.15 Å². The van der Waals surface area contributed by atoms with E-state index < -0.39 is 0 Å². The van der Waals surface area contributed by atoms with Crippen molar-refractivity contribution in [1.29, 1.82) is 5.26 Å². The normalized spacial score (nSPS) is 19.8. The van der Waals surface area contributed by atoms with Crippen molar-refractivity contribution in [3.05, 3.63) is 57.7 Å². The van der Waals surface area contributed by atoms with E-state index in [-0.39, 0.29) is 30.2 Å². The van der Waals surface area contributed by atoms with E-state index >= 15 is 0 Å². The van der Waals surface area contributed by atoms with E-state index in [4.69, 9.17) is 16.9 Å². The van der Waals surface area contributed by atoms with Gasteiger partial charge in [-0.3, -0.25) is 19.7 Å². The van der Waals surface area contributed by atoms with Gasteiger partial charge in [0, 0.05) is 56.7 Å². The molecule has 0 bridgehead atoms. The number of fused-ring (bicyclic) bond motifs is 2. The first-order valence-corrected chi connectivity index (χ1v) is 12.0. The highest BCUT2D eigenvalue weighted by Gasteiger charge is 2.34. The van der Waals surface area contributed by atoms with Crippen LogP contribution in [0.5, 0.6) is 0 Å². The molecule has 1 saturated heterocycles. The van der Waals surface area contributed by atoms with Gasteiger partial charge in [0.2, 0.25) is 0 Å². The van der Waals surface area contributed by atoms with E-state index in [1.54, 1.807) is 25.5 Å². The summed E-state index contributed by atoms with van der Waals surface area (Å²) in [6.07, 6.45) is 3.42. The van der Waals surface area contributed by atoms with E-state index in [9.17, 15) is 4.79 Å². The quantitative estimate of drug-likeness (QED) is 0.432. The SMILES string of the molecule is C[C@@H]1CN(c2cc(=O)n(C)c3c(Cl)n(CC#N)nc23)[C@@H](C)CN1[C@H](C)c1ccc2nccnc2c1. The van der Waals surface area contributed by atoms with Crippen LogP contribution in [-0.4, -0.2) is 54.4 Å². The van der Waals surface area contributed by atoms with Crippen molar-refractivity contribution >= 4 is 39.4 Å². The second-order valence-electron chi connectivity index (χ2n) is 9.26. The fourth-order valence-electron chi connectivity index (χ4n) is 5.15. The molecule has 5 rings (SSSR count). The number of benzene rings is 1. The number of hydrogen-bond donors (Lipinski definition) is 0. The van der Waals surface area contributed by atoms with Gasteiger partial charge in [-0.05, 0) is 38.5 Å². The lowest BCUT2D eigenvalue weighted by Gasteiger charge is -2.47. The average molecular weight is 491 g/mol. The highest BCUT2D eigenvalue weighted by Crippen LogP contribution is 2.34. The Morgan fingerprint density at radius 3 is 2.63 bits per heavy atom. The Morgan fingerprint density at radius 2 is 1.89 bits per heavy atom. The molecule has 10 heteroatoms. The number of rotatable bonds is 4. The largest absolute Gasteiger partial charge is 0.364 e. The van der Waals surface area contributed by atoms with E-state index in [1.807, 2.05) is 6.07 Å². The Kier molecular flexibility index (Phi) is 5.95. The maximum Gasteiger partial charge on any atom is 0.253 e. The number of anilines is 1. The molecule has 1 aliphatic rings. The average Bonchev–Trinajstić information content (AvgIpc) is 3.18. The number of nitrogens with zero attached hydrogens (tertiary/aromatic N) is 8. The zero-order chi connectivity index (χ0) is 24.9. The van der Waals surface area contributed by atoms with Crippen LogP contribution < -0.4 is 10.5 Å². The van der Waals surface area contributed by atoms with Crippen LogP contribution in [0.3, 0.4) is 0 Å². The van der Waals surface area contributed by atoms with Gasteiger partial charge in [-0.15, -0.1) is 0 Å². The van der Waals surface area contributed by atoms with Crippen molar-refractivity contribution < 1.29 is 0 Å². The Morgan fingerprint density at radius 1 is 1.14 bits per heavy atom. The molecule has 9 nitrogen and oxygen atoms in total. The first-order chi connectivity index (χ1) is 16.8. The molecule has 0 aliphatic carbocycles. The third kappa shape index (κ3) is 3.93. The summed E-state index contributed by atoms with van der Waals surface area (Å²) in [7, 11) is 1.68. The summed E-state index contributed by atoms with van der Waals surface area (Å²) in [4.78, 5) is 26.4. The van der Waals surface area contributed by atoms with Gasteiger partial charge < -0.3 is 9.47 Å². The molecule has 3 aromatic heterocycles. The van der Waals surface area contributed by atoms with Crippen molar-refractivity contribution in [2.75, 3.05) is 18.0 Å². The third-order valence-corrected chi connectivity index (χ3v) is 7.45. The number of hydrogen-bond acceptors (Lipinski definition) is 7. The highest BCUT2D eigenvalue weighted by atomic mass is 35.5. The van der Waals surface area contributed by atoms with Crippen molar-refractivity contribution in [1.82, 2.24) is 29.2 Å². The van der Waals surface area contributed by atoms with Gasteiger partial charge in [-0.1, -0.05) is 17.7 Å². The predicted molar refractivity (Wildman–Crippen MR) is 137 cm³/mol. The molecule has 0 unspecified atom stereocenters. The molecule has 0 N–H and O–H groups in total. The zero-order valence-electron chi connectivity index (χ0n) is 20.2. The van der Waals surface area contributed by atoms with Crippen LogP contribution in [0.25, 0.3) is 22.1 Å². The molecular formula is C25H27ClN8O. The fourth-order valence-corrected chi connectivity index (χ4v) is 5.46. The van der Waals surface area contributed by atoms with Crippen LogP contribution in [0.15, 0.2) is 41.5 Å². The van der Waals surface area contributed by atoms with Gasteiger partial charge in [0.25, 0.3) is 5.56 Å². The summed E-state index contributed by atoms with van der Waals surface area (Å²) >= 11 is 6.52. The summed E-state index contributed by atoms with van der Waals surface area (Å²) in [5, 5.41) is 14.1. The first kappa shape index (κ1) is 23.3. The second-order valence-corrected chi connectivity index (χ2v) is 9.62. The molecule has 35 heavy (non-hydrogen) atoms. The topological polar surface area (TPSA) is 95.9 Å². The Labute approximate surface area is 208 Å². The van der Waals surface area contributed by atoms with Crippen molar-refractivity contribution in [2.45, 2.75) is 45.4 Å². The van der Waals surface area contributed by atoms with E-state index in [0.29, 0.717) is 16.2 Å². The summed E-state index contributed by atoms with van der Waals surface area (Å²) in [5.41, 5.74) is 4.78. The van der Waals surface area contributed by atoms with Gasteiger partial charge in [-0.25, -0.2) is 4.68 Å². The van der Waals surface area contributed by atoms with Crippen molar-refractivity contribution in [3.8, 4) is 6.07 Å². The zero-order valence-corrected chi connectivity index (χ0v) is 20.9. The van der Waals surface area contributed by atoms with Crippen LogP contribution in [0.1, 0.15) is 32.4 Å². The minimum atomic E-state index is -0.154. The van der Waals surface area contributed by atoms with E-state index in [2.05, 4.69) is 63.8 Å². The maximum atomic E-state index is 12.8. The lowest BCUT2D eigenvalue weighted by atomic mass is 10.00. The predicted octanol–water partition coefficient (Wildman–Crippen LogP) is 3.52. The molecule has 4 heterocycles. The van der Waals surface area contributed by atoms with Crippen molar-refractivity contribution in [2.24, 2.45) is 7.05 Å². The molecule has 1 fully saturated rings. The van der Waals surface area contributed by atoms with Crippen LogP contribution in [0, 0.1) is 11.3 Å². The second kappa shape index (κ2) is 8.95. The molecule has 0 radical (unpaired) electrons. The molecular weight excluding hydrogens is 464 g/mol. The smallest absolute Gasteiger partial charge is 0.253 e.